The van der Waals surface area contributed by atoms with E-state index in [4.69, 9.17) is 24.4 Å². The van der Waals surface area contributed by atoms with Gasteiger partial charge in [0.1, 0.15) is 0 Å². The van der Waals surface area contributed by atoms with Crippen LogP contribution in [0.1, 0.15) is 75.6 Å². The van der Waals surface area contributed by atoms with Crippen LogP contribution in [0, 0.1) is 13.8 Å². The first kappa shape index (κ1) is 28.8. The van der Waals surface area contributed by atoms with Crippen molar-refractivity contribution in [3.63, 3.8) is 0 Å². The summed E-state index contributed by atoms with van der Waals surface area (Å²) in [7, 11) is 4.39. The van der Waals surface area contributed by atoms with Crippen molar-refractivity contribution in [2.75, 3.05) is 27.2 Å². The Hall–Kier alpha value is -1.46. The van der Waals surface area contributed by atoms with Crippen molar-refractivity contribution < 1.29 is 0 Å². The second-order valence-corrected chi connectivity index (χ2v) is 11.6. The Labute approximate surface area is 219 Å². The highest BCUT2D eigenvalue weighted by atomic mass is 32.1. The van der Waals surface area contributed by atoms with Gasteiger partial charge in [-0.1, -0.05) is 96.9 Å². The van der Waals surface area contributed by atoms with Gasteiger partial charge in [-0.25, -0.2) is 0 Å². The number of rotatable bonds is 13. The molecule has 2 aromatic carbocycles. The van der Waals surface area contributed by atoms with Crippen LogP contribution >= 0.6 is 24.4 Å². The van der Waals surface area contributed by atoms with Gasteiger partial charge >= 0.3 is 0 Å². The zero-order chi connectivity index (χ0) is 25.5. The molecule has 0 saturated heterocycles. The molecule has 0 unspecified atom stereocenters. The van der Waals surface area contributed by atoms with Gasteiger partial charge in [-0.05, 0) is 92.7 Å². The number of benzene rings is 2. The molecule has 4 heteroatoms. The van der Waals surface area contributed by atoms with Crippen LogP contribution in [0.15, 0.2) is 48.5 Å². The van der Waals surface area contributed by atoms with Crippen molar-refractivity contribution in [2.45, 2.75) is 78.3 Å². The minimum atomic E-state index is -0.138. The smallest absolute Gasteiger partial charge is 0.0508 e. The van der Waals surface area contributed by atoms with E-state index in [0.29, 0.717) is 0 Å². The summed E-state index contributed by atoms with van der Waals surface area (Å²) in [6.45, 7) is 15.3. The number of hydrogen-bond acceptors (Lipinski definition) is 4. The van der Waals surface area contributed by atoms with Crippen LogP contribution in [0.25, 0.3) is 0 Å². The molecule has 2 rings (SSSR count). The van der Waals surface area contributed by atoms with Crippen molar-refractivity contribution in [3.05, 3.63) is 70.8 Å². The molecule has 0 aliphatic rings. The molecule has 0 heterocycles. The summed E-state index contributed by atoms with van der Waals surface area (Å²) in [5, 5.41) is 0. The first-order chi connectivity index (χ1) is 15.9. The molecule has 2 aromatic rings. The van der Waals surface area contributed by atoms with Crippen LogP contribution in [-0.2, 0) is 0 Å². The first-order valence-electron chi connectivity index (χ1n) is 12.5. The van der Waals surface area contributed by atoms with E-state index < -0.39 is 0 Å². The molecule has 0 fully saturated rings. The van der Waals surface area contributed by atoms with Gasteiger partial charge in [0.2, 0.25) is 0 Å². The van der Waals surface area contributed by atoms with E-state index in [1.54, 1.807) is 0 Å². The fourth-order valence-electron chi connectivity index (χ4n) is 4.07. The van der Waals surface area contributed by atoms with Gasteiger partial charge in [-0.3, -0.25) is 9.80 Å². The van der Waals surface area contributed by atoms with Crippen molar-refractivity contribution >= 4 is 34.2 Å². The van der Waals surface area contributed by atoms with Crippen molar-refractivity contribution in [3.8, 4) is 0 Å². The van der Waals surface area contributed by atoms with Gasteiger partial charge < -0.3 is 0 Å². The quantitative estimate of drug-likeness (QED) is 0.162. The lowest BCUT2D eigenvalue weighted by Gasteiger charge is -2.37. The predicted octanol–water partition coefficient (Wildman–Crippen LogP) is 7.42. The van der Waals surface area contributed by atoms with E-state index in [9.17, 15) is 0 Å². The molecule has 0 saturated carbocycles. The molecular formula is C30H44N2S2. The fraction of sp³-hybridized carbons (Fsp3) is 0.533. The third kappa shape index (κ3) is 7.52. The van der Waals surface area contributed by atoms with Crippen molar-refractivity contribution in [1.29, 1.82) is 0 Å². The molecule has 0 aromatic heterocycles. The second kappa shape index (κ2) is 12.5. The van der Waals surface area contributed by atoms with E-state index in [1.807, 2.05) is 0 Å². The summed E-state index contributed by atoms with van der Waals surface area (Å²) >= 11 is 11.7. The number of aryl methyl sites for hydroxylation is 2. The van der Waals surface area contributed by atoms with E-state index in [0.717, 1.165) is 33.9 Å². The molecule has 0 atom stereocenters. The molecule has 0 radical (unpaired) electrons. The van der Waals surface area contributed by atoms with Crippen molar-refractivity contribution in [1.82, 2.24) is 9.80 Å². The van der Waals surface area contributed by atoms with Gasteiger partial charge in [0.05, 0.1) is 11.1 Å². The predicted molar refractivity (Wildman–Crippen MR) is 158 cm³/mol. The zero-order valence-corrected chi connectivity index (χ0v) is 24.2. The van der Waals surface area contributed by atoms with Crippen LogP contribution < -0.4 is 0 Å². The Bertz CT molecular complexity index is 863. The summed E-state index contributed by atoms with van der Waals surface area (Å²) in [4.78, 5) is 6.85. The summed E-state index contributed by atoms with van der Waals surface area (Å²) < 4.78 is 0. The van der Waals surface area contributed by atoms with Crippen LogP contribution in [0.4, 0.5) is 0 Å². The van der Waals surface area contributed by atoms with E-state index in [1.165, 1.54) is 36.8 Å². The Morgan fingerprint density at radius 2 is 0.882 bits per heavy atom. The largest absolute Gasteiger partial charge is 0.296 e. The van der Waals surface area contributed by atoms with Crippen LogP contribution in [0.3, 0.4) is 0 Å². The monoisotopic (exact) mass is 496 g/mol. The number of thiocarbonyl (C=S) groups is 2. The topological polar surface area (TPSA) is 6.48 Å². The summed E-state index contributed by atoms with van der Waals surface area (Å²) in [6, 6.07) is 17.2. The van der Waals surface area contributed by atoms with Gasteiger partial charge in [-0.15, -0.1) is 0 Å². The normalized spacial score (nSPS) is 12.4. The van der Waals surface area contributed by atoms with E-state index >= 15 is 0 Å². The average molecular weight is 497 g/mol. The van der Waals surface area contributed by atoms with Crippen molar-refractivity contribution in [2.24, 2.45) is 0 Å². The maximum Gasteiger partial charge on any atom is 0.0508 e. The molecular weight excluding hydrogens is 452 g/mol. The molecule has 0 aliphatic heterocycles. The molecule has 0 aliphatic carbocycles. The number of unbranched alkanes of at least 4 members (excludes halogenated alkanes) is 3. The van der Waals surface area contributed by atoms with E-state index in [-0.39, 0.29) is 11.1 Å². The molecule has 0 spiro atoms. The van der Waals surface area contributed by atoms with E-state index in [2.05, 4.69) is 114 Å². The third-order valence-electron chi connectivity index (χ3n) is 7.38. The Kier molecular flexibility index (Phi) is 10.6. The summed E-state index contributed by atoms with van der Waals surface area (Å²) in [5.41, 5.74) is 4.58. The number of nitrogens with zero attached hydrogens (tertiary/aromatic N) is 2. The lowest BCUT2D eigenvalue weighted by molar-refractivity contribution is 0.212. The standard InChI is InChI=1S/C30H44N2S2/c1-23-13-17-25(18-14-23)27(33)29(3,4)31(7)21-11-9-10-12-22-32(8)30(5,6)28(34)26-19-15-24(2)16-20-26/h13-20H,9-12,21-22H2,1-8H3. The summed E-state index contributed by atoms with van der Waals surface area (Å²) in [5.74, 6) is 0. The second-order valence-electron chi connectivity index (χ2n) is 10.8. The first-order valence-corrected chi connectivity index (χ1v) is 13.3. The minimum Gasteiger partial charge on any atom is -0.296 e. The van der Waals surface area contributed by atoms with Crippen LogP contribution in [0.5, 0.6) is 0 Å². The Morgan fingerprint density at radius 1 is 0.588 bits per heavy atom. The highest BCUT2D eigenvalue weighted by molar-refractivity contribution is 7.81. The maximum absolute atomic E-state index is 5.86. The van der Waals surface area contributed by atoms with Gasteiger partial charge in [-0.2, -0.15) is 0 Å². The summed E-state index contributed by atoms with van der Waals surface area (Å²) in [6.07, 6.45) is 4.83. The number of hydrogen-bond donors (Lipinski definition) is 0. The molecule has 0 N–H and O–H groups in total. The molecule has 0 amide bonds. The lowest BCUT2D eigenvalue weighted by Crippen LogP contribution is -2.48. The Balaban J connectivity index is 1.75. The highest BCUT2D eigenvalue weighted by Gasteiger charge is 2.30. The zero-order valence-electron chi connectivity index (χ0n) is 22.6. The van der Waals surface area contributed by atoms with Gasteiger partial charge in [0.15, 0.2) is 0 Å². The fourth-order valence-corrected chi connectivity index (χ4v) is 4.66. The average Bonchev–Trinajstić information content (AvgIpc) is 2.80. The van der Waals surface area contributed by atoms with Crippen LogP contribution in [-0.4, -0.2) is 57.8 Å². The number of likely N-dealkylation sites (N-methyl/N-ethyl adjacent to an activating group) is 2. The van der Waals surface area contributed by atoms with Crippen LogP contribution in [0.2, 0.25) is 0 Å². The SMILES string of the molecule is Cc1ccc(C(=S)C(C)(C)N(C)CCCCCCN(C)C(C)(C)C(=S)c2ccc(C)cc2)cc1. The van der Waals surface area contributed by atoms with Gasteiger partial charge in [0.25, 0.3) is 0 Å². The van der Waals surface area contributed by atoms with Gasteiger partial charge in [0, 0.05) is 9.73 Å². The molecule has 186 valence electrons. The molecule has 0 bridgehead atoms. The molecule has 34 heavy (non-hydrogen) atoms. The highest BCUT2D eigenvalue weighted by Crippen LogP contribution is 2.23. The molecule has 2 nitrogen and oxygen atoms in total. The maximum atomic E-state index is 5.86. The third-order valence-corrected chi connectivity index (χ3v) is 8.85. The minimum absolute atomic E-state index is 0.138. The Morgan fingerprint density at radius 3 is 1.18 bits per heavy atom. The lowest BCUT2D eigenvalue weighted by atomic mass is 9.92.